The molecule has 0 amide bonds. The average molecular weight is 260 g/mol. The number of nitro groups is 1. The van der Waals surface area contributed by atoms with Crippen molar-refractivity contribution < 1.29 is 9.66 Å². The summed E-state index contributed by atoms with van der Waals surface area (Å²) < 4.78 is 5.08. The summed E-state index contributed by atoms with van der Waals surface area (Å²) in [5, 5.41) is 10.9. The molecule has 1 unspecified atom stereocenters. The number of ether oxygens (including phenoxy) is 1. The maximum Gasteiger partial charge on any atom is 0.311 e. The molecule has 1 aromatic carbocycles. The quantitative estimate of drug-likeness (QED) is 0.476. The van der Waals surface area contributed by atoms with Crippen molar-refractivity contribution in [2.75, 3.05) is 25.1 Å². The van der Waals surface area contributed by atoms with Crippen molar-refractivity contribution in [2.45, 2.75) is 12.8 Å². The van der Waals surface area contributed by atoms with E-state index in [4.69, 9.17) is 11.2 Å². The Kier molecular flexibility index (Phi) is 3.91. The molecule has 100 valence electrons. The van der Waals surface area contributed by atoms with Gasteiger partial charge in [0.2, 0.25) is 0 Å². The first kappa shape index (κ1) is 13.2. The number of methoxy groups -OCH3 is 1. The Labute approximate surface area is 112 Å². The monoisotopic (exact) mass is 260 g/mol. The van der Waals surface area contributed by atoms with Gasteiger partial charge in [0.05, 0.1) is 12.0 Å². The fourth-order valence-corrected chi connectivity index (χ4v) is 2.36. The Hall–Kier alpha value is -2.22. The zero-order valence-corrected chi connectivity index (χ0v) is 10.8. The highest BCUT2D eigenvalue weighted by molar-refractivity contribution is 5.59. The third-order valence-corrected chi connectivity index (χ3v) is 3.38. The Bertz CT molecular complexity index is 522. The average Bonchev–Trinajstić information content (AvgIpc) is 2.46. The SMILES string of the molecule is C#CC1CCCN(c2ccc([N+](=O)[O-])c(OC)c2)C1. The number of nitrogens with zero attached hydrogens (tertiary/aromatic N) is 2. The van der Waals surface area contributed by atoms with Gasteiger partial charge in [-0.25, -0.2) is 0 Å². The molecule has 1 aliphatic heterocycles. The predicted molar refractivity (Wildman–Crippen MR) is 73.4 cm³/mol. The van der Waals surface area contributed by atoms with Gasteiger partial charge in [0.1, 0.15) is 0 Å². The minimum Gasteiger partial charge on any atom is -0.490 e. The van der Waals surface area contributed by atoms with E-state index in [1.54, 1.807) is 12.1 Å². The fraction of sp³-hybridized carbons (Fsp3) is 0.429. The molecular formula is C14H16N2O3. The first-order valence-electron chi connectivity index (χ1n) is 6.19. The zero-order chi connectivity index (χ0) is 13.8. The Morgan fingerprint density at radius 2 is 2.37 bits per heavy atom. The summed E-state index contributed by atoms with van der Waals surface area (Å²) in [6, 6.07) is 4.93. The van der Waals surface area contributed by atoms with Crippen LogP contribution >= 0.6 is 0 Å². The summed E-state index contributed by atoms with van der Waals surface area (Å²) >= 11 is 0. The maximum absolute atomic E-state index is 10.9. The second-order valence-corrected chi connectivity index (χ2v) is 4.57. The van der Waals surface area contributed by atoms with E-state index in [1.165, 1.54) is 13.2 Å². The molecule has 1 fully saturated rings. The second kappa shape index (κ2) is 5.61. The molecular weight excluding hydrogens is 244 g/mol. The highest BCUT2D eigenvalue weighted by atomic mass is 16.6. The standard InChI is InChI=1S/C14H16N2O3/c1-3-11-5-4-8-15(10-11)12-6-7-13(16(17)18)14(9-12)19-2/h1,6-7,9,11H,4-5,8,10H2,2H3. The lowest BCUT2D eigenvalue weighted by molar-refractivity contribution is -0.385. The van der Waals surface area contributed by atoms with Crippen LogP contribution in [0.4, 0.5) is 11.4 Å². The molecule has 0 spiro atoms. The molecule has 0 aromatic heterocycles. The van der Waals surface area contributed by atoms with Crippen molar-refractivity contribution in [3.63, 3.8) is 0 Å². The van der Waals surface area contributed by atoms with Gasteiger partial charge >= 0.3 is 5.69 Å². The minimum atomic E-state index is -0.441. The lowest BCUT2D eigenvalue weighted by Crippen LogP contribution is -2.34. The van der Waals surface area contributed by atoms with Crippen molar-refractivity contribution in [3.8, 4) is 18.1 Å². The summed E-state index contributed by atoms with van der Waals surface area (Å²) in [7, 11) is 1.44. The topological polar surface area (TPSA) is 55.6 Å². The molecule has 0 saturated carbocycles. The molecule has 1 saturated heterocycles. The highest BCUT2D eigenvalue weighted by Crippen LogP contribution is 2.32. The van der Waals surface area contributed by atoms with E-state index in [1.807, 2.05) is 0 Å². The van der Waals surface area contributed by atoms with Crippen molar-refractivity contribution in [3.05, 3.63) is 28.3 Å². The van der Waals surface area contributed by atoms with Crippen LogP contribution in [-0.4, -0.2) is 25.1 Å². The van der Waals surface area contributed by atoms with Crippen LogP contribution in [0, 0.1) is 28.4 Å². The third kappa shape index (κ3) is 2.79. The number of rotatable bonds is 3. The van der Waals surface area contributed by atoms with Gasteiger partial charge in [0.15, 0.2) is 5.75 Å². The van der Waals surface area contributed by atoms with Crippen LogP contribution in [0.5, 0.6) is 5.75 Å². The van der Waals surface area contributed by atoms with Gasteiger partial charge in [-0.3, -0.25) is 10.1 Å². The summed E-state index contributed by atoms with van der Waals surface area (Å²) in [5.74, 6) is 3.31. The van der Waals surface area contributed by atoms with E-state index in [-0.39, 0.29) is 17.4 Å². The van der Waals surface area contributed by atoms with E-state index < -0.39 is 4.92 Å². The molecule has 1 aliphatic rings. The molecule has 5 nitrogen and oxygen atoms in total. The molecule has 1 aromatic rings. The summed E-state index contributed by atoms with van der Waals surface area (Å²) in [4.78, 5) is 12.6. The second-order valence-electron chi connectivity index (χ2n) is 4.57. The number of piperidine rings is 1. The normalized spacial score (nSPS) is 18.7. The smallest absolute Gasteiger partial charge is 0.311 e. The Morgan fingerprint density at radius 1 is 1.58 bits per heavy atom. The van der Waals surface area contributed by atoms with Crippen molar-refractivity contribution in [1.82, 2.24) is 0 Å². The molecule has 0 radical (unpaired) electrons. The lowest BCUT2D eigenvalue weighted by Gasteiger charge is -2.32. The van der Waals surface area contributed by atoms with Crippen LogP contribution < -0.4 is 9.64 Å². The zero-order valence-electron chi connectivity index (χ0n) is 10.8. The predicted octanol–water partition coefficient (Wildman–Crippen LogP) is 2.45. The fourth-order valence-electron chi connectivity index (χ4n) is 2.36. The molecule has 1 atom stereocenters. The molecule has 19 heavy (non-hydrogen) atoms. The van der Waals surface area contributed by atoms with Gasteiger partial charge in [0, 0.05) is 36.8 Å². The van der Waals surface area contributed by atoms with Crippen molar-refractivity contribution >= 4 is 11.4 Å². The number of nitro benzene ring substituents is 1. The van der Waals surface area contributed by atoms with Crippen LogP contribution in [0.2, 0.25) is 0 Å². The van der Waals surface area contributed by atoms with Gasteiger partial charge in [-0.15, -0.1) is 12.3 Å². The van der Waals surface area contributed by atoms with E-state index in [0.717, 1.165) is 31.6 Å². The number of anilines is 1. The van der Waals surface area contributed by atoms with Gasteiger partial charge in [-0.2, -0.15) is 0 Å². The van der Waals surface area contributed by atoms with E-state index in [0.29, 0.717) is 0 Å². The van der Waals surface area contributed by atoms with E-state index in [9.17, 15) is 10.1 Å². The lowest BCUT2D eigenvalue weighted by atomic mass is 9.98. The third-order valence-electron chi connectivity index (χ3n) is 3.38. The number of benzene rings is 1. The largest absolute Gasteiger partial charge is 0.490 e. The molecule has 0 aliphatic carbocycles. The highest BCUT2D eigenvalue weighted by Gasteiger charge is 2.21. The van der Waals surface area contributed by atoms with Crippen LogP contribution in [0.3, 0.4) is 0 Å². The first-order valence-corrected chi connectivity index (χ1v) is 6.19. The van der Waals surface area contributed by atoms with Gasteiger partial charge in [-0.1, -0.05) is 0 Å². The maximum atomic E-state index is 10.9. The van der Waals surface area contributed by atoms with E-state index in [2.05, 4.69) is 10.8 Å². The van der Waals surface area contributed by atoms with Crippen molar-refractivity contribution in [1.29, 1.82) is 0 Å². The van der Waals surface area contributed by atoms with Crippen LogP contribution in [0.1, 0.15) is 12.8 Å². The van der Waals surface area contributed by atoms with E-state index >= 15 is 0 Å². The number of hydrogen-bond donors (Lipinski definition) is 0. The first-order chi connectivity index (χ1) is 9.15. The molecule has 5 heteroatoms. The minimum absolute atomic E-state index is 0.0169. The van der Waals surface area contributed by atoms with Gasteiger partial charge in [-0.05, 0) is 18.9 Å². The van der Waals surface area contributed by atoms with Crippen LogP contribution in [0.15, 0.2) is 18.2 Å². The Morgan fingerprint density at radius 3 is 3.00 bits per heavy atom. The number of terminal acetylenes is 1. The number of hydrogen-bond acceptors (Lipinski definition) is 4. The molecule has 0 N–H and O–H groups in total. The van der Waals surface area contributed by atoms with Crippen LogP contribution in [0.25, 0.3) is 0 Å². The van der Waals surface area contributed by atoms with Gasteiger partial charge in [0.25, 0.3) is 0 Å². The summed E-state index contributed by atoms with van der Waals surface area (Å²) in [5.41, 5.74) is 0.902. The molecule has 1 heterocycles. The van der Waals surface area contributed by atoms with Crippen LogP contribution in [-0.2, 0) is 0 Å². The van der Waals surface area contributed by atoms with Gasteiger partial charge < -0.3 is 9.64 Å². The van der Waals surface area contributed by atoms with Crippen molar-refractivity contribution in [2.24, 2.45) is 5.92 Å². The Balaban J connectivity index is 2.26. The summed E-state index contributed by atoms with van der Waals surface area (Å²) in [6.07, 6.45) is 7.55. The molecule has 0 bridgehead atoms. The summed E-state index contributed by atoms with van der Waals surface area (Å²) in [6.45, 7) is 1.70. The molecule has 2 rings (SSSR count).